The van der Waals surface area contributed by atoms with Crippen molar-refractivity contribution in [2.24, 2.45) is 0 Å². The maximum absolute atomic E-state index is 6.62. The second-order valence-electron chi connectivity index (χ2n) is 9.06. The van der Waals surface area contributed by atoms with Crippen LogP contribution in [0.15, 0.2) is 102 Å². The number of hydrogen-bond acceptors (Lipinski definition) is 1. The summed E-state index contributed by atoms with van der Waals surface area (Å²) >= 11 is 0. The van der Waals surface area contributed by atoms with E-state index in [1.807, 2.05) is 6.07 Å². The molecule has 6 aromatic rings. The Morgan fingerprint density at radius 3 is 2.37 bits per heavy atom. The largest absolute Gasteiger partial charge is 0.455 e. The molecule has 172 valence electrons. The van der Waals surface area contributed by atoms with Crippen LogP contribution in [0.5, 0.6) is 0 Å². The molecule has 0 saturated heterocycles. The summed E-state index contributed by atoms with van der Waals surface area (Å²) in [5.74, 6) is 1.09. The normalized spacial score (nSPS) is 11.6. The van der Waals surface area contributed by atoms with Gasteiger partial charge in [-0.2, -0.15) is 9.13 Å². The van der Waals surface area contributed by atoms with E-state index in [4.69, 9.17) is 4.42 Å². The molecule has 2 aromatic heterocycles. The first-order valence-corrected chi connectivity index (χ1v) is 12.5. The fraction of sp³-hybridized carbons (Fsp3) is 0.156. The van der Waals surface area contributed by atoms with Gasteiger partial charge in [0.15, 0.2) is 16.6 Å². The van der Waals surface area contributed by atoms with Crippen molar-refractivity contribution < 1.29 is 8.98 Å². The van der Waals surface area contributed by atoms with Gasteiger partial charge in [0.2, 0.25) is 0 Å². The second kappa shape index (κ2) is 8.59. The average molecular weight is 458 g/mol. The average Bonchev–Trinajstić information content (AvgIpc) is 3.45. The van der Waals surface area contributed by atoms with Gasteiger partial charge in [-0.3, -0.25) is 0 Å². The number of aromatic nitrogens is 2. The van der Waals surface area contributed by atoms with Gasteiger partial charge in [-0.1, -0.05) is 87.5 Å². The minimum Gasteiger partial charge on any atom is -0.455 e. The maximum Gasteiger partial charge on any atom is 0.304 e. The highest BCUT2D eigenvalue weighted by atomic mass is 16.3. The van der Waals surface area contributed by atoms with Crippen molar-refractivity contribution in [3.8, 4) is 17.1 Å². The second-order valence-corrected chi connectivity index (χ2v) is 9.06. The molecule has 0 spiro atoms. The van der Waals surface area contributed by atoms with E-state index in [0.29, 0.717) is 0 Å². The van der Waals surface area contributed by atoms with Crippen LogP contribution in [-0.2, 0) is 6.42 Å². The molecule has 0 aliphatic rings. The Bertz CT molecular complexity index is 1700. The fourth-order valence-electron chi connectivity index (χ4n) is 5.26. The molecule has 0 N–H and O–H groups in total. The van der Waals surface area contributed by atoms with Crippen LogP contribution in [0, 0.1) is 0 Å². The van der Waals surface area contributed by atoms with Crippen molar-refractivity contribution in [2.75, 3.05) is 0 Å². The zero-order chi connectivity index (χ0) is 23.9. The molecular formula is C32H29N2O+. The lowest BCUT2D eigenvalue weighted by molar-refractivity contribution is -0.542. The third-order valence-electron chi connectivity index (χ3n) is 6.90. The first-order chi connectivity index (χ1) is 17.2. The van der Waals surface area contributed by atoms with Gasteiger partial charge in [0.05, 0.1) is 0 Å². The number of aryl methyl sites for hydroxylation is 1. The van der Waals surface area contributed by atoms with Gasteiger partial charge in [-0.25, -0.2) is 0 Å². The Labute approximate surface area is 205 Å². The third-order valence-corrected chi connectivity index (χ3v) is 6.90. The molecule has 0 saturated carbocycles. The predicted octanol–water partition coefficient (Wildman–Crippen LogP) is 8.32. The van der Waals surface area contributed by atoms with Crippen molar-refractivity contribution in [2.45, 2.75) is 33.1 Å². The Morgan fingerprint density at radius 1 is 0.829 bits per heavy atom. The van der Waals surface area contributed by atoms with Crippen LogP contribution in [0.3, 0.4) is 0 Å². The van der Waals surface area contributed by atoms with Crippen molar-refractivity contribution in [3.63, 3.8) is 0 Å². The van der Waals surface area contributed by atoms with Crippen molar-refractivity contribution >= 4 is 38.7 Å². The summed E-state index contributed by atoms with van der Waals surface area (Å²) in [5, 5.41) is 2.30. The molecule has 0 atom stereocenters. The number of nitrogens with zero attached hydrogens (tertiary/aromatic N) is 2. The summed E-state index contributed by atoms with van der Waals surface area (Å²) < 4.78 is 11.3. The van der Waals surface area contributed by atoms with Crippen LogP contribution in [-0.4, -0.2) is 4.57 Å². The number of allylic oxidation sites excluding steroid dienone is 1. The van der Waals surface area contributed by atoms with Gasteiger partial charge in [-0.05, 0) is 42.3 Å². The summed E-state index contributed by atoms with van der Waals surface area (Å²) in [6, 6.07) is 32.1. The summed E-state index contributed by atoms with van der Waals surface area (Å²) in [4.78, 5) is 0. The van der Waals surface area contributed by atoms with Crippen molar-refractivity contribution in [1.82, 2.24) is 4.57 Å². The highest BCUT2D eigenvalue weighted by Gasteiger charge is 2.33. The molecule has 0 fully saturated rings. The third kappa shape index (κ3) is 3.30. The minimum atomic E-state index is 0.847. The van der Waals surface area contributed by atoms with Crippen LogP contribution in [0.4, 0.5) is 0 Å². The Morgan fingerprint density at radius 2 is 1.57 bits per heavy atom. The number of para-hydroxylation sites is 4. The molecule has 6 rings (SSSR count). The van der Waals surface area contributed by atoms with E-state index in [-0.39, 0.29) is 0 Å². The van der Waals surface area contributed by atoms with Crippen LogP contribution in [0.25, 0.3) is 55.7 Å². The maximum atomic E-state index is 6.62. The minimum absolute atomic E-state index is 0.847. The first kappa shape index (κ1) is 21.4. The van der Waals surface area contributed by atoms with Gasteiger partial charge < -0.3 is 4.42 Å². The molecule has 0 radical (unpaired) electrons. The molecule has 0 aliphatic heterocycles. The molecule has 3 nitrogen and oxygen atoms in total. The molecule has 4 aromatic carbocycles. The van der Waals surface area contributed by atoms with E-state index < -0.39 is 0 Å². The van der Waals surface area contributed by atoms with Gasteiger partial charge in [0, 0.05) is 17.2 Å². The number of imidazole rings is 1. The topological polar surface area (TPSA) is 21.9 Å². The van der Waals surface area contributed by atoms with Gasteiger partial charge >= 0.3 is 5.82 Å². The van der Waals surface area contributed by atoms with E-state index in [1.54, 1.807) is 0 Å². The van der Waals surface area contributed by atoms with Gasteiger partial charge in [0.25, 0.3) is 0 Å². The molecule has 35 heavy (non-hydrogen) atoms. The lowest BCUT2D eigenvalue weighted by Gasteiger charge is -2.11. The summed E-state index contributed by atoms with van der Waals surface area (Å²) in [7, 11) is 0. The van der Waals surface area contributed by atoms with Crippen LogP contribution < -0.4 is 4.57 Å². The summed E-state index contributed by atoms with van der Waals surface area (Å²) in [6.45, 7) is 8.91. The van der Waals surface area contributed by atoms with Gasteiger partial charge in [0.1, 0.15) is 22.5 Å². The number of rotatable bonds is 6. The molecule has 0 unspecified atom stereocenters. The molecular weight excluding hydrogens is 428 g/mol. The zero-order valence-corrected chi connectivity index (χ0v) is 20.3. The fourth-order valence-corrected chi connectivity index (χ4v) is 5.26. The Balaban J connectivity index is 1.85. The van der Waals surface area contributed by atoms with Crippen LogP contribution >= 0.6 is 0 Å². The summed E-state index contributed by atoms with van der Waals surface area (Å²) in [6.07, 6.45) is 2.87. The first-order valence-electron chi connectivity index (χ1n) is 12.5. The lowest BCUT2D eigenvalue weighted by atomic mass is 9.98. The Hall–Kier alpha value is -4.11. The molecule has 0 amide bonds. The molecule has 0 bridgehead atoms. The lowest BCUT2D eigenvalue weighted by Crippen LogP contribution is -2.34. The number of fused-ring (bicyclic) bond motifs is 4. The van der Waals surface area contributed by atoms with E-state index >= 15 is 0 Å². The number of benzene rings is 4. The smallest absolute Gasteiger partial charge is 0.304 e. The van der Waals surface area contributed by atoms with Gasteiger partial charge in [-0.15, -0.1) is 0 Å². The Kier molecular flexibility index (Phi) is 5.26. The van der Waals surface area contributed by atoms with E-state index in [2.05, 4.69) is 114 Å². The molecule has 3 heteroatoms. The number of furan rings is 1. The molecule has 2 heterocycles. The zero-order valence-electron chi connectivity index (χ0n) is 20.3. The monoisotopic (exact) mass is 457 g/mol. The highest BCUT2D eigenvalue weighted by molar-refractivity contribution is 6.10. The molecule has 0 aliphatic carbocycles. The predicted molar refractivity (Wildman–Crippen MR) is 146 cm³/mol. The SMILES string of the molecule is C=C(CC)[n+]1c(-c2c(CCC)ccc3c2oc2ccccc23)n(-c2ccccc2)c2ccccc21. The van der Waals surface area contributed by atoms with Crippen molar-refractivity contribution in [1.29, 1.82) is 0 Å². The van der Waals surface area contributed by atoms with Crippen molar-refractivity contribution in [3.05, 3.63) is 103 Å². The van der Waals surface area contributed by atoms with Crippen LogP contribution in [0.2, 0.25) is 0 Å². The van der Waals surface area contributed by atoms with E-state index in [9.17, 15) is 0 Å². The van der Waals surface area contributed by atoms with E-state index in [0.717, 1.165) is 75.0 Å². The standard InChI is InChI=1S/C32H29N2O/c1-4-13-23-20-21-26-25-16-9-12-19-29(25)35-31(26)30(23)32-33(22(3)5-2)27-17-10-11-18-28(27)34(32)24-14-7-6-8-15-24/h6-12,14-21H,3-5,13H2,1-2H3/q+1. The quantitative estimate of drug-likeness (QED) is 0.230. The van der Waals surface area contributed by atoms with Crippen LogP contribution in [0.1, 0.15) is 32.3 Å². The highest BCUT2D eigenvalue weighted by Crippen LogP contribution is 2.40. The number of hydrogen-bond donors (Lipinski definition) is 0. The van der Waals surface area contributed by atoms with E-state index in [1.165, 1.54) is 5.56 Å². The summed E-state index contributed by atoms with van der Waals surface area (Å²) in [5.41, 5.74) is 8.77.